The zero-order valence-electron chi connectivity index (χ0n) is 55.2. The van der Waals surface area contributed by atoms with Crippen LogP contribution in [0.5, 0.6) is 0 Å². The smallest absolute Gasteiger partial charge is 0.326 e. The van der Waals surface area contributed by atoms with E-state index in [9.17, 15) is 87.5 Å². The first-order valence-corrected chi connectivity index (χ1v) is 31.6. The van der Waals surface area contributed by atoms with Gasteiger partial charge in [-0.05, 0) is 107 Å². The number of carboxylic acids is 2. The van der Waals surface area contributed by atoms with E-state index in [0.717, 1.165) is 0 Å². The van der Waals surface area contributed by atoms with E-state index in [1.807, 2.05) is 0 Å². The Kier molecular flexibility index (Phi) is 41.8. The molecule has 0 aliphatic rings. The van der Waals surface area contributed by atoms with Gasteiger partial charge in [0.25, 0.3) is 0 Å². The monoisotopic (exact) mass is 1340 g/mol. The first kappa shape index (κ1) is 85.7. The van der Waals surface area contributed by atoms with Crippen molar-refractivity contribution in [3.63, 3.8) is 0 Å². The molecule has 0 saturated heterocycles. The number of carboxylic acid groups (broad SMARTS) is 2. The van der Waals surface area contributed by atoms with Crippen LogP contribution in [-0.2, 0) is 67.1 Å². The second kappa shape index (κ2) is 45.9. The summed E-state index contributed by atoms with van der Waals surface area (Å²) in [7, 11) is 0. The first-order chi connectivity index (χ1) is 44.1. The number of amides is 12. The highest BCUT2D eigenvalue weighted by atomic mass is 16.4. The van der Waals surface area contributed by atoms with E-state index in [-0.39, 0.29) is 76.3 Å². The number of rotatable bonds is 49. The number of aliphatic hydroxyl groups is 2. The minimum atomic E-state index is -1.85. The summed E-state index contributed by atoms with van der Waals surface area (Å²) in [6.45, 7) is 11.2. The number of hydrogen-bond donors (Lipinski definition) is 22. The SMILES string of the molecule is CC[C@H](C)[C@H](NC(=O)[C@@H](NC(=O)[C@H](CO)NC(=O)[C@H](CC(C)C)NC(=O)[C@H](CCCCN)NC(=O)[C@H](CO)NC(=O)[C@H](CCC(=O)O)NC(=O)[C@H](CC(C)C)NC(=O)[C@H](CCCCN)NC(=O)CN)C(C)C)C(=O)N[C@@H](CCCNC(=N)N)C(=O)N[C@@H](CC(N)=O)C(=O)O. The summed E-state index contributed by atoms with van der Waals surface area (Å²) in [4.78, 5) is 187. The standard InChI is InChI=1S/C58H106N18O18/c1-9-32(8)46(56(92)69-35(17-14-22-65-58(63)64)49(85)72-39(57(93)94)25-42(62)79)76-55(91)45(31(6)7)75-54(90)41(28-78)74-52(88)38(24-30(4)5)71-48(84)34(16-11-13-21-60)67-53(89)40(27-77)73-50(86)36(18-19-44(81)82)68-51(87)37(23-29(2)3)70-47(83)33(15-10-12-20-59)66-43(80)26-61/h29-41,45-46,77-78H,9-28,59-61H2,1-8H3,(H2,62,79)(H,66,80)(H,67,89)(H,68,87)(H,69,92)(H,70,83)(H,71,84)(H,72,85)(H,73,86)(H,74,88)(H,75,90)(H,76,91)(H,81,82)(H,93,94)(H4,63,64,65)/t32-,33-,34-,35-,36-,37-,38-,39-,40-,41-,45-,46-/m0/s1. The topological polar surface area (TPSA) is 618 Å². The van der Waals surface area contributed by atoms with Crippen LogP contribution >= 0.6 is 0 Å². The largest absolute Gasteiger partial charge is 0.481 e. The van der Waals surface area contributed by atoms with Crippen molar-refractivity contribution in [2.24, 2.45) is 52.3 Å². The van der Waals surface area contributed by atoms with E-state index in [2.05, 4.69) is 63.8 Å². The maximum absolute atomic E-state index is 14.2. The minimum absolute atomic E-state index is 0.00648. The summed E-state index contributed by atoms with van der Waals surface area (Å²) in [5.74, 6) is -16.9. The molecule has 12 atom stereocenters. The highest BCUT2D eigenvalue weighted by molar-refractivity contribution is 5.99. The van der Waals surface area contributed by atoms with Gasteiger partial charge in [0.1, 0.15) is 66.5 Å². The second-order valence-corrected chi connectivity index (χ2v) is 24.0. The van der Waals surface area contributed by atoms with Crippen molar-refractivity contribution in [3.05, 3.63) is 0 Å². The van der Waals surface area contributed by atoms with Gasteiger partial charge in [0.15, 0.2) is 5.96 Å². The third kappa shape index (κ3) is 34.0. The number of carbonyl (C=O) groups is 14. The molecule has 94 heavy (non-hydrogen) atoms. The molecular weight excluding hydrogens is 1240 g/mol. The van der Waals surface area contributed by atoms with Crippen LogP contribution in [0.2, 0.25) is 0 Å². The molecule has 0 spiro atoms. The number of primary amides is 1. The Bertz CT molecular complexity index is 2530. The van der Waals surface area contributed by atoms with Gasteiger partial charge in [0.2, 0.25) is 70.9 Å². The van der Waals surface area contributed by atoms with Crippen LogP contribution < -0.4 is 92.5 Å². The summed E-state index contributed by atoms with van der Waals surface area (Å²) >= 11 is 0. The first-order valence-electron chi connectivity index (χ1n) is 31.6. The number of hydrogen-bond acceptors (Lipinski definition) is 20. The fourth-order valence-electron chi connectivity index (χ4n) is 9.21. The van der Waals surface area contributed by atoms with Crippen molar-refractivity contribution in [1.29, 1.82) is 5.41 Å². The van der Waals surface area contributed by atoms with E-state index in [1.165, 1.54) is 13.8 Å². The lowest BCUT2D eigenvalue weighted by molar-refractivity contribution is -0.144. The molecule has 0 saturated carbocycles. The number of aliphatic hydroxyl groups excluding tert-OH is 2. The van der Waals surface area contributed by atoms with E-state index >= 15 is 0 Å². The molecule has 27 N–H and O–H groups in total. The summed E-state index contributed by atoms with van der Waals surface area (Å²) in [6, 6.07) is -16.8. The van der Waals surface area contributed by atoms with Crippen molar-refractivity contribution in [2.45, 2.75) is 212 Å². The number of unbranched alkanes of at least 4 members (excludes halogenated alkanes) is 2. The van der Waals surface area contributed by atoms with Crippen LogP contribution in [0.25, 0.3) is 0 Å². The molecular formula is C58H106N18O18. The fourth-order valence-corrected chi connectivity index (χ4v) is 9.21. The van der Waals surface area contributed by atoms with Gasteiger partial charge in [-0.2, -0.15) is 0 Å². The predicted molar refractivity (Wildman–Crippen MR) is 341 cm³/mol. The molecule has 36 nitrogen and oxygen atoms in total. The van der Waals surface area contributed by atoms with E-state index in [1.54, 1.807) is 41.5 Å². The minimum Gasteiger partial charge on any atom is -0.481 e. The Labute approximate surface area is 547 Å². The molecule has 0 aromatic carbocycles. The number of nitrogens with one attached hydrogen (secondary N) is 13. The van der Waals surface area contributed by atoms with Crippen LogP contribution in [0.1, 0.15) is 145 Å². The van der Waals surface area contributed by atoms with E-state index < -0.39 is 206 Å². The molecule has 0 rings (SSSR count). The third-order valence-corrected chi connectivity index (χ3v) is 14.6. The van der Waals surface area contributed by atoms with Gasteiger partial charge in [0.05, 0.1) is 26.2 Å². The lowest BCUT2D eigenvalue weighted by atomic mass is 9.95. The Morgan fingerprint density at radius 2 is 0.777 bits per heavy atom. The molecule has 36 heteroatoms. The molecule has 0 aliphatic carbocycles. The predicted octanol–water partition coefficient (Wildman–Crippen LogP) is -6.60. The molecule has 12 amide bonds. The molecule has 0 radical (unpaired) electrons. The van der Waals surface area contributed by atoms with Gasteiger partial charge in [-0.15, -0.1) is 0 Å². The van der Waals surface area contributed by atoms with Crippen molar-refractivity contribution in [2.75, 3.05) is 39.4 Å². The zero-order valence-corrected chi connectivity index (χ0v) is 55.2. The summed E-state index contributed by atoms with van der Waals surface area (Å²) < 4.78 is 0. The van der Waals surface area contributed by atoms with Gasteiger partial charge in [-0.25, -0.2) is 4.79 Å². The molecule has 0 bridgehead atoms. The molecule has 0 aromatic heterocycles. The van der Waals surface area contributed by atoms with Crippen LogP contribution in [0.3, 0.4) is 0 Å². The van der Waals surface area contributed by atoms with E-state index in [0.29, 0.717) is 25.8 Å². The maximum Gasteiger partial charge on any atom is 0.326 e. The fraction of sp³-hybridized carbons (Fsp3) is 0.741. The lowest BCUT2D eigenvalue weighted by Crippen LogP contribution is -2.62. The second-order valence-electron chi connectivity index (χ2n) is 24.0. The Hall–Kier alpha value is -8.35. The van der Waals surface area contributed by atoms with Crippen molar-refractivity contribution in [3.8, 4) is 0 Å². The maximum atomic E-state index is 14.2. The Morgan fingerprint density at radius 1 is 0.426 bits per heavy atom. The quantitative estimate of drug-likeness (QED) is 0.0153. The number of aliphatic carboxylic acids is 2. The Morgan fingerprint density at radius 3 is 1.15 bits per heavy atom. The zero-order chi connectivity index (χ0) is 71.9. The molecule has 0 unspecified atom stereocenters. The van der Waals surface area contributed by atoms with Gasteiger partial charge >= 0.3 is 11.9 Å². The number of guanidine groups is 1. The number of nitrogens with two attached hydrogens (primary N) is 5. The molecule has 0 heterocycles. The molecule has 0 fully saturated rings. The normalized spacial score (nSPS) is 15.0. The summed E-state index contributed by atoms with van der Waals surface area (Å²) in [6.07, 6.45) is -0.367. The van der Waals surface area contributed by atoms with E-state index in [4.69, 9.17) is 34.1 Å². The van der Waals surface area contributed by atoms with Crippen LogP contribution in [0.15, 0.2) is 0 Å². The summed E-state index contributed by atoms with van der Waals surface area (Å²) in [5.41, 5.74) is 27.3. The van der Waals surface area contributed by atoms with Crippen LogP contribution in [-0.4, -0.2) is 215 Å². The van der Waals surface area contributed by atoms with Crippen molar-refractivity contribution < 1.29 is 87.5 Å². The molecule has 0 aromatic rings. The Balaban J connectivity index is 6.76. The highest BCUT2D eigenvalue weighted by Crippen LogP contribution is 2.15. The van der Waals surface area contributed by atoms with Gasteiger partial charge in [-0.1, -0.05) is 61.8 Å². The highest BCUT2D eigenvalue weighted by Gasteiger charge is 2.38. The van der Waals surface area contributed by atoms with Crippen LogP contribution in [0.4, 0.5) is 0 Å². The summed E-state index contributed by atoms with van der Waals surface area (Å²) in [5, 5.41) is 77.0. The average Bonchev–Trinajstić information content (AvgIpc) is 0.879. The van der Waals surface area contributed by atoms with Gasteiger partial charge in [-0.3, -0.25) is 67.7 Å². The molecule has 536 valence electrons. The lowest BCUT2D eigenvalue weighted by Gasteiger charge is -2.30. The number of carbonyl (C=O) groups excluding carboxylic acids is 12. The van der Waals surface area contributed by atoms with Crippen molar-refractivity contribution >= 4 is 88.8 Å². The van der Waals surface area contributed by atoms with Crippen LogP contribution in [0, 0.1) is 29.1 Å². The molecule has 0 aliphatic heterocycles. The van der Waals surface area contributed by atoms with Gasteiger partial charge in [0, 0.05) is 13.0 Å². The third-order valence-electron chi connectivity index (χ3n) is 14.6. The average molecular weight is 1340 g/mol. The van der Waals surface area contributed by atoms with Crippen molar-refractivity contribution in [1.82, 2.24) is 63.8 Å². The van der Waals surface area contributed by atoms with Gasteiger partial charge < -0.3 is 113 Å².